The topological polar surface area (TPSA) is 93.3 Å². The highest BCUT2D eigenvalue weighted by molar-refractivity contribution is 5.99. The maximum atomic E-state index is 13.7. The number of aryl methyl sites for hydroxylation is 2. The van der Waals surface area contributed by atoms with Gasteiger partial charge in [-0.1, -0.05) is 91.0 Å². The summed E-state index contributed by atoms with van der Waals surface area (Å²) in [6.45, 7) is 4.25. The molecule has 0 amide bonds. The molecule has 0 aliphatic carbocycles. The van der Waals surface area contributed by atoms with Crippen molar-refractivity contribution in [2.75, 3.05) is 13.2 Å². The standard InChI is InChI=1S/C38H41N3O4/c1-27-33(37(42)44-24-14-12-20-29-16-6-3-7-17-29)35(32-26-39-36(41-32)31-22-10-5-11-23-31)34(28(2)40-27)38(43)45-25-15-13-21-30-18-8-4-9-19-30/h3-11,16-19,22-23,26,35,40H,12-15,20-21,24-25H2,1-2H3,(H,39,41). The second-order valence-electron chi connectivity index (χ2n) is 11.3. The fraction of sp³-hybridized carbons (Fsp3) is 0.289. The number of nitrogens with zero attached hydrogens (tertiary/aromatic N) is 1. The van der Waals surface area contributed by atoms with Gasteiger partial charge in [-0.15, -0.1) is 0 Å². The zero-order valence-corrected chi connectivity index (χ0v) is 26.1. The van der Waals surface area contributed by atoms with Crippen LogP contribution in [0.4, 0.5) is 0 Å². The highest BCUT2D eigenvalue weighted by Gasteiger charge is 2.39. The number of carbonyl (C=O) groups excluding carboxylic acids is 2. The Morgan fingerprint density at radius 3 is 1.62 bits per heavy atom. The van der Waals surface area contributed by atoms with Crippen LogP contribution in [-0.4, -0.2) is 35.1 Å². The summed E-state index contributed by atoms with van der Waals surface area (Å²) in [6.07, 6.45) is 6.81. The Labute approximate surface area is 265 Å². The summed E-state index contributed by atoms with van der Waals surface area (Å²) in [4.78, 5) is 35.3. The van der Waals surface area contributed by atoms with E-state index in [0.717, 1.165) is 44.1 Å². The molecule has 0 radical (unpaired) electrons. The van der Waals surface area contributed by atoms with Gasteiger partial charge in [0.2, 0.25) is 0 Å². The number of benzene rings is 3. The minimum atomic E-state index is -0.718. The van der Waals surface area contributed by atoms with E-state index in [1.165, 1.54) is 11.1 Å². The minimum absolute atomic E-state index is 0.289. The van der Waals surface area contributed by atoms with Gasteiger partial charge in [0, 0.05) is 28.8 Å². The van der Waals surface area contributed by atoms with Crippen molar-refractivity contribution in [2.24, 2.45) is 0 Å². The van der Waals surface area contributed by atoms with E-state index in [9.17, 15) is 9.59 Å². The van der Waals surface area contributed by atoms with Gasteiger partial charge in [0.15, 0.2) is 0 Å². The predicted octanol–water partition coefficient (Wildman–Crippen LogP) is 7.44. The molecule has 0 saturated carbocycles. The molecule has 7 heteroatoms. The zero-order valence-electron chi connectivity index (χ0n) is 26.1. The number of nitrogens with one attached hydrogen (secondary N) is 2. The second kappa shape index (κ2) is 15.7. The number of H-pyrrole nitrogens is 1. The lowest BCUT2D eigenvalue weighted by atomic mass is 9.83. The number of allylic oxidation sites excluding steroid dienone is 2. The molecule has 0 atom stereocenters. The Bertz CT molecular complexity index is 1540. The summed E-state index contributed by atoms with van der Waals surface area (Å²) in [7, 11) is 0. The molecule has 2 heterocycles. The number of dihydropyridines is 1. The summed E-state index contributed by atoms with van der Waals surface area (Å²) in [5.74, 6) is -0.978. The van der Waals surface area contributed by atoms with Crippen molar-refractivity contribution < 1.29 is 19.1 Å². The van der Waals surface area contributed by atoms with Crippen molar-refractivity contribution in [3.63, 3.8) is 0 Å². The van der Waals surface area contributed by atoms with Crippen LogP contribution < -0.4 is 5.32 Å². The summed E-state index contributed by atoms with van der Waals surface area (Å²) >= 11 is 0. The molecule has 232 valence electrons. The fourth-order valence-electron chi connectivity index (χ4n) is 5.71. The van der Waals surface area contributed by atoms with Crippen LogP contribution >= 0.6 is 0 Å². The maximum Gasteiger partial charge on any atom is 0.336 e. The highest BCUT2D eigenvalue weighted by Crippen LogP contribution is 2.39. The van der Waals surface area contributed by atoms with Crippen molar-refractivity contribution in [1.29, 1.82) is 0 Å². The van der Waals surface area contributed by atoms with Crippen LogP contribution in [0, 0.1) is 0 Å². The molecule has 4 aromatic rings. The largest absolute Gasteiger partial charge is 0.462 e. The van der Waals surface area contributed by atoms with Gasteiger partial charge in [0.25, 0.3) is 0 Å². The van der Waals surface area contributed by atoms with Crippen LogP contribution in [0.2, 0.25) is 0 Å². The molecular formula is C38H41N3O4. The number of unbranched alkanes of at least 4 members (excludes halogenated alkanes) is 2. The lowest BCUT2D eigenvalue weighted by Crippen LogP contribution is -2.33. The molecule has 45 heavy (non-hydrogen) atoms. The Morgan fingerprint density at radius 1 is 0.667 bits per heavy atom. The van der Waals surface area contributed by atoms with E-state index in [4.69, 9.17) is 9.47 Å². The molecule has 0 spiro atoms. The van der Waals surface area contributed by atoms with Gasteiger partial charge in [-0.3, -0.25) is 0 Å². The Morgan fingerprint density at radius 2 is 1.13 bits per heavy atom. The number of hydrogen-bond donors (Lipinski definition) is 2. The van der Waals surface area contributed by atoms with Gasteiger partial charge >= 0.3 is 11.9 Å². The Balaban J connectivity index is 1.30. The molecule has 1 aliphatic rings. The van der Waals surface area contributed by atoms with E-state index in [0.29, 0.717) is 34.1 Å². The minimum Gasteiger partial charge on any atom is -0.462 e. The Hall–Kier alpha value is -4.91. The van der Waals surface area contributed by atoms with Gasteiger partial charge in [0.1, 0.15) is 5.82 Å². The average Bonchev–Trinajstić information content (AvgIpc) is 3.55. The molecular weight excluding hydrogens is 562 g/mol. The van der Waals surface area contributed by atoms with Gasteiger partial charge in [0.05, 0.1) is 30.3 Å². The third kappa shape index (κ3) is 8.38. The first kappa shape index (κ1) is 31.5. The first-order valence-electron chi connectivity index (χ1n) is 15.7. The number of ether oxygens (including phenoxy) is 2. The summed E-state index contributed by atoms with van der Waals surface area (Å²) in [5.41, 5.74) is 6.09. The number of imidazole rings is 1. The number of carbonyl (C=O) groups is 2. The number of rotatable bonds is 14. The Kier molecular flexibility index (Phi) is 11.0. The van der Waals surface area contributed by atoms with Crippen molar-refractivity contribution in [3.05, 3.63) is 137 Å². The van der Waals surface area contributed by atoms with Crippen LogP contribution in [0.5, 0.6) is 0 Å². The average molecular weight is 604 g/mol. The van der Waals surface area contributed by atoms with Crippen molar-refractivity contribution in [3.8, 4) is 11.4 Å². The number of aromatic amines is 1. The van der Waals surface area contributed by atoms with Crippen molar-refractivity contribution >= 4 is 11.9 Å². The van der Waals surface area contributed by atoms with Gasteiger partial charge < -0.3 is 19.8 Å². The van der Waals surface area contributed by atoms with Crippen LogP contribution in [0.1, 0.15) is 62.3 Å². The lowest BCUT2D eigenvalue weighted by Gasteiger charge is -2.29. The third-order valence-corrected chi connectivity index (χ3v) is 8.03. The van der Waals surface area contributed by atoms with Crippen LogP contribution in [0.3, 0.4) is 0 Å². The first-order chi connectivity index (χ1) is 22.0. The molecule has 0 unspecified atom stereocenters. The lowest BCUT2D eigenvalue weighted by molar-refractivity contribution is -0.140. The highest BCUT2D eigenvalue weighted by atomic mass is 16.5. The van der Waals surface area contributed by atoms with Crippen LogP contribution in [0.15, 0.2) is 120 Å². The number of esters is 2. The molecule has 0 saturated heterocycles. The fourth-order valence-corrected chi connectivity index (χ4v) is 5.71. The monoisotopic (exact) mass is 603 g/mol. The molecule has 5 rings (SSSR count). The number of hydrogen-bond acceptors (Lipinski definition) is 6. The van der Waals surface area contributed by atoms with Gasteiger partial charge in [-0.25, -0.2) is 14.6 Å². The van der Waals surface area contributed by atoms with Crippen molar-refractivity contribution in [2.45, 2.75) is 58.3 Å². The molecule has 7 nitrogen and oxygen atoms in total. The predicted molar refractivity (Wildman–Crippen MR) is 176 cm³/mol. The molecule has 3 aromatic carbocycles. The third-order valence-electron chi connectivity index (χ3n) is 8.03. The normalized spacial score (nSPS) is 13.5. The van der Waals surface area contributed by atoms with E-state index in [-0.39, 0.29) is 13.2 Å². The zero-order chi connectivity index (χ0) is 31.4. The van der Waals surface area contributed by atoms with Crippen molar-refractivity contribution in [1.82, 2.24) is 15.3 Å². The summed E-state index contributed by atoms with van der Waals surface area (Å²) < 4.78 is 11.6. The van der Waals surface area contributed by atoms with Crippen LogP contribution in [0.25, 0.3) is 11.4 Å². The van der Waals surface area contributed by atoms with E-state index in [1.807, 2.05) is 80.6 Å². The quantitative estimate of drug-likeness (QED) is 0.115. The van der Waals surface area contributed by atoms with E-state index in [1.54, 1.807) is 6.20 Å². The molecule has 1 aliphatic heterocycles. The van der Waals surface area contributed by atoms with Gasteiger partial charge in [-0.05, 0) is 63.5 Å². The SMILES string of the molecule is CC1=C(C(=O)OCCCCc2ccccc2)C(c2cnc(-c3ccccc3)[nH]2)C(C(=O)OCCCCc2ccccc2)=C(C)N1. The maximum absolute atomic E-state index is 13.7. The first-order valence-corrected chi connectivity index (χ1v) is 15.7. The molecule has 0 bridgehead atoms. The van der Waals surface area contributed by atoms with Gasteiger partial charge in [-0.2, -0.15) is 0 Å². The number of aromatic nitrogens is 2. The van der Waals surface area contributed by atoms with E-state index in [2.05, 4.69) is 39.6 Å². The molecule has 0 fully saturated rings. The molecule has 1 aromatic heterocycles. The second-order valence-corrected chi connectivity index (χ2v) is 11.3. The van der Waals surface area contributed by atoms with E-state index >= 15 is 0 Å². The summed E-state index contributed by atoms with van der Waals surface area (Å²) in [6, 6.07) is 30.3. The molecule has 2 N–H and O–H groups in total. The smallest absolute Gasteiger partial charge is 0.336 e. The van der Waals surface area contributed by atoms with Crippen LogP contribution in [-0.2, 0) is 31.9 Å². The van der Waals surface area contributed by atoms with E-state index < -0.39 is 17.9 Å². The summed E-state index contributed by atoms with van der Waals surface area (Å²) in [5, 5.41) is 3.25.